The van der Waals surface area contributed by atoms with E-state index in [9.17, 15) is 18.8 Å². The summed E-state index contributed by atoms with van der Waals surface area (Å²) in [7, 11) is 0. The summed E-state index contributed by atoms with van der Waals surface area (Å²) in [5.74, 6) is -0.929. The van der Waals surface area contributed by atoms with Crippen molar-refractivity contribution in [3.05, 3.63) is 60.0 Å². The molecule has 3 atom stereocenters. The van der Waals surface area contributed by atoms with Gasteiger partial charge in [0.15, 0.2) is 11.6 Å². The molecule has 10 nitrogen and oxygen atoms in total. The second-order valence-electron chi connectivity index (χ2n) is 13.7. The van der Waals surface area contributed by atoms with E-state index in [1.54, 1.807) is 6.20 Å². The minimum Gasteiger partial charge on any atom is -0.486 e. The summed E-state index contributed by atoms with van der Waals surface area (Å²) in [6.07, 6.45) is 4.75. The highest BCUT2D eigenvalue weighted by molar-refractivity contribution is 6.36. The van der Waals surface area contributed by atoms with Crippen LogP contribution in [0.5, 0.6) is 11.8 Å². The van der Waals surface area contributed by atoms with Gasteiger partial charge in [0.1, 0.15) is 29.8 Å². The number of alkyl halides is 1. The van der Waals surface area contributed by atoms with Crippen LogP contribution in [0, 0.1) is 11.3 Å². The summed E-state index contributed by atoms with van der Waals surface area (Å²) in [5, 5.41) is 12.6. The molecule has 4 aromatic rings. The summed E-state index contributed by atoms with van der Waals surface area (Å²) < 4.78 is 41.7. The van der Waals surface area contributed by atoms with Gasteiger partial charge in [-0.25, -0.2) is 8.78 Å². The van der Waals surface area contributed by atoms with Crippen molar-refractivity contribution in [3.8, 4) is 29.1 Å². The van der Waals surface area contributed by atoms with Crippen LogP contribution in [0.1, 0.15) is 38.5 Å². The van der Waals surface area contributed by atoms with Crippen molar-refractivity contribution in [1.29, 1.82) is 5.26 Å². The molecule has 258 valence electrons. The Morgan fingerprint density at radius 3 is 2.74 bits per heavy atom. The zero-order valence-electron chi connectivity index (χ0n) is 27.5. The third-order valence-corrected chi connectivity index (χ3v) is 10.7. The third-order valence-electron chi connectivity index (χ3n) is 10.4. The molecule has 0 bridgehead atoms. The first-order valence-corrected chi connectivity index (χ1v) is 17.5. The highest BCUT2D eigenvalue weighted by Gasteiger charge is 2.49. The number of nitriles is 1. The van der Waals surface area contributed by atoms with E-state index in [1.165, 1.54) is 4.90 Å². The molecule has 1 amide bonds. The molecule has 3 saturated heterocycles. The number of carbonyl (C=O) groups excluding carboxylic acids is 1. The van der Waals surface area contributed by atoms with Crippen LogP contribution in [0.3, 0.4) is 0 Å². The number of carbonyl (C=O) groups is 1. The van der Waals surface area contributed by atoms with E-state index < -0.39 is 29.5 Å². The molecule has 8 rings (SSSR count). The highest BCUT2D eigenvalue weighted by atomic mass is 35.5. The summed E-state index contributed by atoms with van der Waals surface area (Å²) in [4.78, 5) is 33.0. The summed E-state index contributed by atoms with van der Waals surface area (Å²) >= 11 is 6.77. The van der Waals surface area contributed by atoms with Crippen LogP contribution in [0.15, 0.2) is 55.0 Å². The fourth-order valence-electron chi connectivity index (χ4n) is 7.88. The number of nitrogens with zero attached hydrogens (tertiary/aromatic N) is 7. The zero-order chi connectivity index (χ0) is 34.6. The van der Waals surface area contributed by atoms with Gasteiger partial charge in [-0.05, 0) is 43.7 Å². The number of hydrogen-bond donors (Lipinski definition) is 0. The first-order chi connectivity index (χ1) is 24.2. The largest absolute Gasteiger partial charge is 0.486 e. The molecule has 0 radical (unpaired) electrons. The van der Waals surface area contributed by atoms with Crippen LogP contribution < -0.4 is 14.4 Å². The molecule has 0 spiro atoms. The van der Waals surface area contributed by atoms with Crippen molar-refractivity contribution in [2.75, 3.05) is 44.2 Å². The normalized spacial score (nSPS) is 23.6. The SMILES string of the molecule is C=C(F)C(=O)N1CCN(c2nc(OCC34CCCN3C[C@H](F)C4)nc3c(OC4CC4)c(-c4cccc5cccc(Cl)c45)ncc23)C[C@@H]1CC#N. The molecule has 2 aromatic carbocycles. The van der Waals surface area contributed by atoms with Crippen molar-refractivity contribution in [2.24, 2.45) is 0 Å². The Balaban J connectivity index is 1.27. The predicted molar refractivity (Wildman–Crippen MR) is 186 cm³/mol. The van der Waals surface area contributed by atoms with Crippen molar-refractivity contribution in [1.82, 2.24) is 24.8 Å². The van der Waals surface area contributed by atoms with Gasteiger partial charge in [-0.1, -0.05) is 48.5 Å². The average molecular weight is 700 g/mol. The first-order valence-electron chi connectivity index (χ1n) is 17.1. The van der Waals surface area contributed by atoms with E-state index in [0.29, 0.717) is 52.7 Å². The Morgan fingerprint density at radius 2 is 1.96 bits per heavy atom. The number of piperazine rings is 1. The topological polar surface area (TPSA) is 108 Å². The first kappa shape index (κ1) is 32.6. The molecule has 1 saturated carbocycles. The molecular weight excluding hydrogens is 664 g/mol. The Morgan fingerprint density at radius 1 is 1.14 bits per heavy atom. The fraction of sp³-hybridized carbons (Fsp3) is 0.432. The second kappa shape index (κ2) is 12.9. The molecule has 1 aliphatic carbocycles. The maximum Gasteiger partial charge on any atom is 0.319 e. The number of hydrogen-bond acceptors (Lipinski definition) is 9. The number of pyridine rings is 1. The highest BCUT2D eigenvalue weighted by Crippen LogP contribution is 2.45. The average Bonchev–Trinajstić information content (AvgIpc) is 3.77. The molecule has 2 aromatic heterocycles. The Labute approximate surface area is 293 Å². The number of amides is 1. The van der Waals surface area contributed by atoms with E-state index in [4.69, 9.17) is 36.0 Å². The number of halogens is 3. The van der Waals surface area contributed by atoms with Crippen LogP contribution >= 0.6 is 11.6 Å². The number of rotatable bonds is 9. The van der Waals surface area contributed by atoms with E-state index >= 15 is 0 Å². The number of anilines is 1. The van der Waals surface area contributed by atoms with Crippen LogP contribution in [-0.2, 0) is 4.79 Å². The van der Waals surface area contributed by atoms with E-state index in [2.05, 4.69) is 17.5 Å². The van der Waals surface area contributed by atoms with E-state index in [0.717, 1.165) is 48.6 Å². The monoisotopic (exact) mass is 699 g/mol. The minimum atomic E-state index is -1.07. The van der Waals surface area contributed by atoms with Crippen molar-refractivity contribution >= 4 is 45.0 Å². The Kier molecular flexibility index (Phi) is 8.43. The lowest BCUT2D eigenvalue weighted by atomic mass is 9.95. The van der Waals surface area contributed by atoms with E-state index in [1.807, 2.05) is 41.3 Å². The maximum absolute atomic E-state index is 14.6. The van der Waals surface area contributed by atoms with Gasteiger partial charge in [-0.2, -0.15) is 15.2 Å². The molecule has 3 aliphatic heterocycles. The summed E-state index contributed by atoms with van der Waals surface area (Å²) in [6, 6.07) is 13.3. The van der Waals surface area contributed by atoms with Gasteiger partial charge in [0.2, 0.25) is 0 Å². The van der Waals surface area contributed by atoms with Crippen LogP contribution in [0.4, 0.5) is 14.6 Å². The van der Waals surface area contributed by atoms with Crippen LogP contribution in [0.2, 0.25) is 5.02 Å². The Hall–Kier alpha value is -4.60. The standard InChI is InChI=1S/C37H36ClF2N7O3/c1-22(39)35(48)47-16-15-45(20-25(47)11-13-41)34-28-18-42-31(27-7-2-5-23-6-3-8-29(38)30(23)27)33(50-26-9-10-26)32(28)43-36(44-34)49-21-37-12-4-14-46(37)19-24(40)17-37/h2-3,5-8,18,24-26H,1,4,9-12,14-17,19-21H2/t24-,25+,37?/m1/s1. The molecule has 0 N–H and O–H groups in total. The predicted octanol–water partition coefficient (Wildman–Crippen LogP) is 6.41. The number of fused-ring (bicyclic) bond motifs is 3. The maximum atomic E-state index is 14.6. The number of benzene rings is 2. The second-order valence-corrected chi connectivity index (χ2v) is 14.1. The van der Waals surface area contributed by atoms with Gasteiger partial charge < -0.3 is 19.3 Å². The van der Waals surface area contributed by atoms with Crippen LogP contribution in [-0.4, -0.2) is 93.8 Å². The van der Waals surface area contributed by atoms with Gasteiger partial charge in [0.05, 0.1) is 35.6 Å². The lowest BCUT2D eigenvalue weighted by molar-refractivity contribution is -0.131. The molecule has 50 heavy (non-hydrogen) atoms. The molecule has 13 heteroatoms. The lowest BCUT2D eigenvalue weighted by Gasteiger charge is -2.41. The van der Waals surface area contributed by atoms with Crippen molar-refractivity contribution in [2.45, 2.75) is 62.4 Å². The third kappa shape index (κ3) is 5.86. The van der Waals surface area contributed by atoms with Gasteiger partial charge in [-0.15, -0.1) is 0 Å². The molecule has 4 fully saturated rings. The number of aromatic nitrogens is 3. The van der Waals surface area contributed by atoms with Gasteiger partial charge >= 0.3 is 6.01 Å². The van der Waals surface area contributed by atoms with Gasteiger partial charge in [0, 0.05) is 54.8 Å². The molecular formula is C37H36ClF2N7O3. The number of ether oxygens (including phenoxy) is 2. The smallest absolute Gasteiger partial charge is 0.319 e. The van der Waals surface area contributed by atoms with Gasteiger partial charge in [-0.3, -0.25) is 14.7 Å². The zero-order valence-corrected chi connectivity index (χ0v) is 28.2. The van der Waals surface area contributed by atoms with Crippen molar-refractivity contribution < 1.29 is 23.0 Å². The summed E-state index contributed by atoms with van der Waals surface area (Å²) in [6.45, 7) is 5.28. The van der Waals surface area contributed by atoms with Gasteiger partial charge in [0.25, 0.3) is 5.91 Å². The summed E-state index contributed by atoms with van der Waals surface area (Å²) in [5.41, 5.74) is 1.44. The van der Waals surface area contributed by atoms with Crippen LogP contribution in [0.25, 0.3) is 32.9 Å². The molecule has 1 unspecified atom stereocenters. The molecule has 4 aliphatic rings. The molecule has 5 heterocycles. The quantitative estimate of drug-likeness (QED) is 0.183. The fourth-order valence-corrected chi connectivity index (χ4v) is 8.17. The minimum absolute atomic E-state index is 0.00900. The lowest BCUT2D eigenvalue weighted by Crippen LogP contribution is -2.55. The van der Waals surface area contributed by atoms with E-state index in [-0.39, 0.29) is 38.2 Å². The Bertz CT molecular complexity index is 2050. The van der Waals surface area contributed by atoms with Crippen molar-refractivity contribution in [3.63, 3.8) is 0 Å².